The van der Waals surface area contributed by atoms with Crippen LogP contribution in [0.2, 0.25) is 0 Å². The molecule has 1 atom stereocenters. The molecule has 0 aromatic heterocycles. The molecule has 0 heterocycles. The van der Waals surface area contributed by atoms with E-state index in [1.54, 1.807) is 0 Å². The number of hydrogen-bond acceptors (Lipinski definition) is 1. The second kappa shape index (κ2) is 4.39. The Morgan fingerprint density at radius 3 is 1.50 bits per heavy atom. The van der Waals surface area contributed by atoms with Crippen LogP contribution in [0.3, 0.4) is 0 Å². The summed E-state index contributed by atoms with van der Waals surface area (Å²) in [5.74, 6) is 0. The van der Waals surface area contributed by atoms with Crippen molar-refractivity contribution in [1.29, 1.82) is 0 Å². The van der Waals surface area contributed by atoms with E-state index in [1.807, 2.05) is 0 Å². The van der Waals surface area contributed by atoms with Crippen LogP contribution in [0.1, 0.15) is 0 Å². The summed E-state index contributed by atoms with van der Waals surface area (Å²) >= 11 is 5.18. The van der Waals surface area contributed by atoms with E-state index in [1.165, 1.54) is 28.2 Å². The fourth-order valence-corrected chi connectivity index (χ4v) is 3.91. The number of halogens is 4. The Bertz CT molecular complexity index is 232. The Balaban J connectivity index is 5.15. The van der Waals surface area contributed by atoms with E-state index < -0.39 is 18.7 Å². The van der Waals surface area contributed by atoms with Gasteiger partial charge in [-0.05, 0) is 28.2 Å². The lowest BCUT2D eigenvalue weighted by Gasteiger charge is -2.34. The molecule has 0 saturated heterocycles. The van der Waals surface area contributed by atoms with Gasteiger partial charge in [0.05, 0.1) is 0 Å². The highest BCUT2D eigenvalue weighted by Crippen LogP contribution is 2.60. The lowest BCUT2D eigenvalue weighted by molar-refractivity contribution is -0.117. The summed E-state index contributed by atoms with van der Waals surface area (Å²) in [6, 6.07) is 0. The molecule has 0 N–H and O–H groups in total. The molecule has 0 radical (unpaired) electrons. The average Bonchev–Trinajstić information content (AvgIpc) is 1.99. The number of rotatable bonds is 3. The summed E-state index contributed by atoms with van der Waals surface area (Å²) in [5.41, 5.74) is 0. The molecule has 0 spiro atoms. The molecule has 0 saturated carbocycles. The van der Waals surface area contributed by atoms with Crippen LogP contribution >= 0.6 is 19.0 Å². The summed E-state index contributed by atoms with van der Waals surface area (Å²) < 4.78 is 50.9. The zero-order valence-corrected chi connectivity index (χ0v) is 9.99. The topological polar surface area (TPSA) is 23.6 Å². The van der Waals surface area contributed by atoms with Gasteiger partial charge >= 0.3 is 6.18 Å². The highest BCUT2D eigenvalue weighted by molar-refractivity contribution is 7.61. The van der Waals surface area contributed by atoms with E-state index in [4.69, 9.17) is 11.6 Å². The summed E-state index contributed by atoms with van der Waals surface area (Å²) in [4.78, 5) is 0. The van der Waals surface area contributed by atoms with Crippen LogP contribution < -0.4 is 0 Å². The molecule has 86 valence electrons. The minimum atomic E-state index is -4.67. The van der Waals surface area contributed by atoms with Crippen molar-refractivity contribution >= 4 is 19.0 Å². The minimum absolute atomic E-state index is 1.01. The van der Waals surface area contributed by atoms with Gasteiger partial charge in [0.25, 0.3) is 0 Å². The first-order valence-electron chi connectivity index (χ1n) is 3.70. The number of alkyl halides is 4. The Morgan fingerprint density at radius 1 is 1.14 bits per heavy atom. The third-order valence-electron chi connectivity index (χ3n) is 1.71. The van der Waals surface area contributed by atoms with Crippen molar-refractivity contribution < 1.29 is 17.7 Å². The second-order valence-corrected chi connectivity index (χ2v) is 7.20. The van der Waals surface area contributed by atoms with Gasteiger partial charge in [-0.2, -0.15) is 13.2 Å². The van der Waals surface area contributed by atoms with Gasteiger partial charge in [0, 0.05) is 0 Å². The quantitative estimate of drug-likeness (QED) is 0.569. The molecule has 0 fully saturated rings. The summed E-state index contributed by atoms with van der Waals surface area (Å²) in [7, 11) is 1.46. The Hall–Kier alpha value is 0.230. The third kappa shape index (κ3) is 2.63. The molecule has 0 bridgehead atoms. The van der Waals surface area contributed by atoms with Gasteiger partial charge in [-0.3, -0.25) is 4.57 Å². The monoisotopic (exact) mass is 252 g/mol. The Kier molecular flexibility index (Phi) is 4.46. The fraction of sp³-hybridized carbons (Fsp3) is 1.00. The predicted molar refractivity (Wildman–Crippen MR) is 50.7 cm³/mol. The molecule has 0 aliphatic rings. The molecular weight excluding hydrogens is 239 g/mol. The van der Waals surface area contributed by atoms with Crippen LogP contribution in [0.25, 0.3) is 0 Å². The van der Waals surface area contributed by atoms with Gasteiger partial charge in [0.15, 0.2) is 0 Å². The average molecular weight is 253 g/mol. The first-order valence-corrected chi connectivity index (χ1v) is 5.82. The normalized spacial score (nSPS) is 16.4. The van der Waals surface area contributed by atoms with E-state index in [0.29, 0.717) is 0 Å². The molecule has 0 aliphatic carbocycles. The van der Waals surface area contributed by atoms with E-state index in [0.717, 1.165) is 9.34 Å². The van der Waals surface area contributed by atoms with Crippen LogP contribution in [0.4, 0.5) is 13.2 Å². The molecule has 0 aromatic rings. The maximum atomic E-state index is 12.3. The van der Waals surface area contributed by atoms with Crippen molar-refractivity contribution in [3.63, 3.8) is 0 Å². The van der Waals surface area contributed by atoms with Crippen LogP contribution in [-0.2, 0) is 4.57 Å². The van der Waals surface area contributed by atoms with E-state index >= 15 is 0 Å². The Labute approximate surface area is 86.3 Å². The lowest BCUT2D eigenvalue weighted by atomic mass is 10.8. The first-order chi connectivity index (χ1) is 6.04. The van der Waals surface area contributed by atoms with Gasteiger partial charge < -0.3 is 0 Å². The van der Waals surface area contributed by atoms with Crippen molar-refractivity contribution in [2.24, 2.45) is 0 Å². The van der Waals surface area contributed by atoms with E-state index in [2.05, 4.69) is 0 Å². The maximum Gasteiger partial charge on any atom is 0.414 e. The smallest absolute Gasteiger partial charge is 0.287 e. The van der Waals surface area contributed by atoms with E-state index in [9.17, 15) is 17.7 Å². The standard InChI is InChI=1S/C6H13ClF3N2OP/c1-11(2)14(13,12(3)4)5(7)6(8,9)10/h5H,1-4H3. The van der Waals surface area contributed by atoms with Gasteiger partial charge in [0.2, 0.25) is 12.6 Å². The van der Waals surface area contributed by atoms with Crippen LogP contribution in [-0.4, -0.2) is 48.8 Å². The Morgan fingerprint density at radius 2 is 1.43 bits per heavy atom. The number of hydrogen-bond donors (Lipinski definition) is 0. The van der Waals surface area contributed by atoms with Crippen molar-refractivity contribution in [2.45, 2.75) is 11.3 Å². The van der Waals surface area contributed by atoms with Gasteiger partial charge in [-0.15, -0.1) is 11.6 Å². The SMILES string of the molecule is CN(C)P(=O)(C(Cl)C(F)(F)F)N(C)C. The van der Waals surface area contributed by atoms with Crippen LogP contribution in [0.15, 0.2) is 0 Å². The third-order valence-corrected chi connectivity index (χ3v) is 5.90. The molecular formula is C6H13ClF3N2OP. The highest BCUT2D eigenvalue weighted by atomic mass is 35.5. The largest absolute Gasteiger partial charge is 0.414 e. The lowest BCUT2D eigenvalue weighted by Crippen LogP contribution is -2.34. The number of nitrogens with zero attached hydrogens (tertiary/aromatic N) is 2. The fourth-order valence-electron chi connectivity index (χ4n) is 0.954. The van der Waals surface area contributed by atoms with Gasteiger partial charge in [-0.1, -0.05) is 0 Å². The molecule has 0 rings (SSSR count). The molecule has 14 heavy (non-hydrogen) atoms. The second-order valence-electron chi connectivity index (χ2n) is 3.16. The minimum Gasteiger partial charge on any atom is -0.287 e. The van der Waals surface area contributed by atoms with Crippen LogP contribution in [0.5, 0.6) is 0 Å². The molecule has 1 unspecified atom stereocenters. The van der Waals surface area contributed by atoms with Crippen molar-refractivity contribution in [2.75, 3.05) is 28.2 Å². The summed E-state index contributed by atoms with van der Waals surface area (Å²) in [6.07, 6.45) is -4.67. The highest BCUT2D eigenvalue weighted by Gasteiger charge is 2.53. The van der Waals surface area contributed by atoms with Crippen molar-refractivity contribution in [3.05, 3.63) is 0 Å². The molecule has 0 aromatic carbocycles. The van der Waals surface area contributed by atoms with E-state index in [-0.39, 0.29) is 0 Å². The first kappa shape index (κ1) is 14.2. The van der Waals surface area contributed by atoms with Gasteiger partial charge in [-0.25, -0.2) is 9.34 Å². The molecule has 0 amide bonds. The van der Waals surface area contributed by atoms with Crippen LogP contribution in [0, 0.1) is 0 Å². The maximum absolute atomic E-state index is 12.3. The van der Waals surface area contributed by atoms with Crippen molar-refractivity contribution in [1.82, 2.24) is 9.34 Å². The molecule has 8 heteroatoms. The summed E-state index contributed by atoms with van der Waals surface area (Å²) in [5, 5.41) is -2.38. The zero-order chi connectivity index (χ0) is 11.7. The van der Waals surface area contributed by atoms with Gasteiger partial charge in [0.1, 0.15) is 0 Å². The predicted octanol–water partition coefficient (Wildman–Crippen LogP) is 2.43. The molecule has 3 nitrogen and oxygen atoms in total. The zero-order valence-electron chi connectivity index (χ0n) is 8.34. The summed E-state index contributed by atoms with van der Waals surface area (Å²) in [6.45, 7) is 0. The molecule has 0 aliphatic heterocycles. The van der Waals surface area contributed by atoms with Crippen molar-refractivity contribution in [3.8, 4) is 0 Å².